The summed E-state index contributed by atoms with van der Waals surface area (Å²) < 4.78 is 6.59. The first-order chi connectivity index (χ1) is 12.9. The summed E-state index contributed by atoms with van der Waals surface area (Å²) in [6.45, 7) is 16.0. The quantitative estimate of drug-likeness (QED) is 0.625. The number of hydrogen-bond donors (Lipinski definition) is 0. The molecule has 2 aliphatic heterocycles. The van der Waals surface area contributed by atoms with Crippen molar-refractivity contribution in [3.8, 4) is 0 Å². The Morgan fingerprint density at radius 1 is 0.852 bits per heavy atom. The summed E-state index contributed by atoms with van der Waals surface area (Å²) >= 11 is 0. The van der Waals surface area contributed by atoms with Crippen LogP contribution in [0, 0.1) is 16.7 Å². The zero-order valence-corrected chi connectivity index (χ0v) is 18.5. The van der Waals surface area contributed by atoms with Gasteiger partial charge in [-0.15, -0.1) is 0 Å². The van der Waals surface area contributed by atoms with Gasteiger partial charge in [-0.1, -0.05) is 13.8 Å². The van der Waals surface area contributed by atoms with Crippen LogP contribution in [0.4, 0.5) is 0 Å². The van der Waals surface area contributed by atoms with Crippen LogP contribution in [0.25, 0.3) is 0 Å². The molecule has 4 aliphatic rings. The van der Waals surface area contributed by atoms with Crippen LogP contribution in [0.3, 0.4) is 0 Å². The molecule has 156 valence electrons. The van der Waals surface area contributed by atoms with Crippen LogP contribution in [0.15, 0.2) is 0 Å². The van der Waals surface area contributed by atoms with Crippen molar-refractivity contribution in [2.75, 3.05) is 32.7 Å². The monoisotopic (exact) mass is 376 g/mol. The molecule has 3 nitrogen and oxygen atoms in total. The van der Waals surface area contributed by atoms with E-state index in [9.17, 15) is 0 Å². The summed E-state index contributed by atoms with van der Waals surface area (Å²) in [6, 6.07) is 0.727. The van der Waals surface area contributed by atoms with Crippen molar-refractivity contribution < 1.29 is 4.74 Å². The maximum Gasteiger partial charge on any atom is 0.0603 e. The average Bonchev–Trinajstić information content (AvgIpc) is 3.33. The normalized spacial score (nSPS) is 29.6. The molecule has 2 saturated heterocycles. The van der Waals surface area contributed by atoms with E-state index in [1.165, 1.54) is 90.5 Å². The van der Waals surface area contributed by atoms with Crippen molar-refractivity contribution >= 4 is 0 Å². The molecule has 0 aromatic carbocycles. The van der Waals surface area contributed by atoms with Gasteiger partial charge in [-0.25, -0.2) is 0 Å². The van der Waals surface area contributed by atoms with Crippen LogP contribution in [0.5, 0.6) is 0 Å². The lowest BCUT2D eigenvalue weighted by Crippen LogP contribution is -2.60. The van der Waals surface area contributed by atoms with Gasteiger partial charge >= 0.3 is 0 Å². The average molecular weight is 377 g/mol. The molecule has 2 saturated carbocycles. The molecule has 0 N–H and O–H groups in total. The van der Waals surface area contributed by atoms with Crippen molar-refractivity contribution in [1.29, 1.82) is 0 Å². The molecule has 0 unspecified atom stereocenters. The Hall–Kier alpha value is -0.120. The Morgan fingerprint density at radius 3 is 1.96 bits per heavy atom. The van der Waals surface area contributed by atoms with E-state index in [1.807, 2.05) is 0 Å². The van der Waals surface area contributed by atoms with Crippen molar-refractivity contribution in [2.45, 2.75) is 104 Å². The number of nitrogens with zero attached hydrogens (tertiary/aromatic N) is 2. The third-order valence-electron chi connectivity index (χ3n) is 8.08. The Morgan fingerprint density at radius 2 is 1.44 bits per heavy atom. The van der Waals surface area contributed by atoms with E-state index in [-0.39, 0.29) is 0 Å². The molecule has 2 heterocycles. The highest BCUT2D eigenvalue weighted by molar-refractivity contribution is 4.99. The van der Waals surface area contributed by atoms with Gasteiger partial charge in [0, 0.05) is 38.8 Å². The molecule has 3 heteroatoms. The van der Waals surface area contributed by atoms with Gasteiger partial charge in [0.05, 0.1) is 12.2 Å². The fourth-order valence-corrected chi connectivity index (χ4v) is 6.26. The first-order valence-corrected chi connectivity index (χ1v) is 12.0. The number of rotatable bonds is 7. The highest BCUT2D eigenvalue weighted by atomic mass is 16.5. The lowest BCUT2D eigenvalue weighted by molar-refractivity contribution is -0.107. The molecule has 0 atom stereocenters. The molecule has 0 amide bonds. The van der Waals surface area contributed by atoms with Gasteiger partial charge in [0.1, 0.15) is 0 Å². The second-order valence-electron chi connectivity index (χ2n) is 11.4. The Kier molecular flexibility index (Phi) is 5.94. The molecule has 4 fully saturated rings. The standard InChI is InChI=1S/C24H44N2O/c1-19(2)15-23(11-12-23)16-25-13-7-22(8-14-25)27-21-5-9-24(10-6-21)17-26(18-24)20(3)4/h19-22H,5-18H2,1-4H3. The smallest absolute Gasteiger partial charge is 0.0603 e. The maximum atomic E-state index is 6.59. The maximum absolute atomic E-state index is 6.59. The van der Waals surface area contributed by atoms with Crippen molar-refractivity contribution in [2.24, 2.45) is 16.7 Å². The molecule has 0 aromatic heterocycles. The van der Waals surface area contributed by atoms with Gasteiger partial charge in [0.2, 0.25) is 0 Å². The summed E-state index contributed by atoms with van der Waals surface area (Å²) in [5, 5.41) is 0. The third kappa shape index (κ3) is 4.90. The molecule has 0 radical (unpaired) electrons. The van der Waals surface area contributed by atoms with Crippen LogP contribution in [0.2, 0.25) is 0 Å². The van der Waals surface area contributed by atoms with Crippen LogP contribution in [0.1, 0.15) is 85.5 Å². The van der Waals surface area contributed by atoms with Gasteiger partial charge in [-0.3, -0.25) is 4.90 Å². The van der Waals surface area contributed by atoms with Crippen LogP contribution < -0.4 is 0 Å². The van der Waals surface area contributed by atoms with Crippen molar-refractivity contribution in [1.82, 2.24) is 9.80 Å². The number of ether oxygens (including phenoxy) is 1. The number of likely N-dealkylation sites (tertiary alicyclic amines) is 2. The Labute approximate surface area is 168 Å². The van der Waals surface area contributed by atoms with E-state index in [2.05, 4.69) is 37.5 Å². The molecule has 4 rings (SSSR count). The minimum absolute atomic E-state index is 0.536. The number of piperidine rings is 1. The summed E-state index contributed by atoms with van der Waals surface area (Å²) in [4.78, 5) is 5.39. The van der Waals surface area contributed by atoms with Gasteiger partial charge in [0.25, 0.3) is 0 Å². The predicted octanol–water partition coefficient (Wildman–Crippen LogP) is 4.95. The van der Waals surface area contributed by atoms with Gasteiger partial charge < -0.3 is 9.64 Å². The zero-order valence-electron chi connectivity index (χ0n) is 18.5. The number of hydrogen-bond acceptors (Lipinski definition) is 3. The lowest BCUT2D eigenvalue weighted by Gasteiger charge is -2.55. The van der Waals surface area contributed by atoms with Crippen LogP contribution in [-0.4, -0.2) is 60.8 Å². The van der Waals surface area contributed by atoms with Gasteiger partial charge in [-0.2, -0.15) is 0 Å². The molecule has 2 aliphatic carbocycles. The Balaban J connectivity index is 1.14. The summed E-state index contributed by atoms with van der Waals surface area (Å²) in [5.41, 5.74) is 1.34. The van der Waals surface area contributed by atoms with Gasteiger partial charge in [-0.05, 0) is 88.4 Å². The minimum atomic E-state index is 0.536. The van der Waals surface area contributed by atoms with Crippen molar-refractivity contribution in [3.05, 3.63) is 0 Å². The molecule has 0 bridgehead atoms. The van der Waals surface area contributed by atoms with E-state index in [0.29, 0.717) is 23.0 Å². The first kappa shape index (κ1) is 20.2. The largest absolute Gasteiger partial charge is 0.375 e. The second-order valence-corrected chi connectivity index (χ2v) is 11.4. The SMILES string of the molecule is CC(C)CC1(CN2CCC(OC3CCC4(CC3)CN(C(C)C)C4)CC2)CC1. The highest BCUT2D eigenvalue weighted by Gasteiger charge is 2.46. The molecule has 27 heavy (non-hydrogen) atoms. The van der Waals surface area contributed by atoms with Crippen LogP contribution in [-0.2, 0) is 4.74 Å². The highest BCUT2D eigenvalue weighted by Crippen LogP contribution is 2.51. The van der Waals surface area contributed by atoms with Crippen LogP contribution >= 0.6 is 0 Å². The lowest BCUT2D eigenvalue weighted by atomic mass is 9.67. The predicted molar refractivity (Wildman–Crippen MR) is 113 cm³/mol. The fourth-order valence-electron chi connectivity index (χ4n) is 6.26. The summed E-state index contributed by atoms with van der Waals surface area (Å²) in [5.74, 6) is 0.853. The van der Waals surface area contributed by atoms with E-state index >= 15 is 0 Å². The topological polar surface area (TPSA) is 15.7 Å². The molecule has 0 aromatic rings. The molecular weight excluding hydrogens is 332 g/mol. The van der Waals surface area contributed by atoms with E-state index in [4.69, 9.17) is 4.74 Å². The summed E-state index contributed by atoms with van der Waals surface area (Å²) in [7, 11) is 0. The van der Waals surface area contributed by atoms with E-state index in [1.54, 1.807) is 0 Å². The molecule has 1 spiro atoms. The van der Waals surface area contributed by atoms with E-state index < -0.39 is 0 Å². The van der Waals surface area contributed by atoms with E-state index in [0.717, 1.165) is 12.0 Å². The van der Waals surface area contributed by atoms with Gasteiger partial charge in [0.15, 0.2) is 0 Å². The first-order valence-electron chi connectivity index (χ1n) is 12.0. The zero-order chi connectivity index (χ0) is 19.1. The van der Waals surface area contributed by atoms with Crippen molar-refractivity contribution in [3.63, 3.8) is 0 Å². The Bertz CT molecular complexity index is 475. The minimum Gasteiger partial charge on any atom is -0.375 e. The fraction of sp³-hybridized carbons (Fsp3) is 1.00. The third-order valence-corrected chi connectivity index (χ3v) is 8.08. The second kappa shape index (κ2) is 7.95. The molecular formula is C24H44N2O. The summed E-state index contributed by atoms with van der Waals surface area (Å²) in [6.07, 6.45) is 13.4.